The molecule has 22 heavy (non-hydrogen) atoms. The van der Waals surface area contributed by atoms with Crippen LogP contribution in [0.1, 0.15) is 16.7 Å². The third-order valence-electron chi connectivity index (χ3n) is 3.47. The van der Waals surface area contributed by atoms with Gasteiger partial charge in [0.25, 0.3) is 0 Å². The van der Waals surface area contributed by atoms with Crippen LogP contribution < -0.4 is 0 Å². The second-order valence-corrected chi connectivity index (χ2v) is 5.88. The van der Waals surface area contributed by atoms with E-state index < -0.39 is 0 Å². The predicted molar refractivity (Wildman–Crippen MR) is 94.1 cm³/mol. The van der Waals surface area contributed by atoms with Crippen LogP contribution in [0.2, 0.25) is 0 Å². The first-order valence-corrected chi connectivity index (χ1v) is 8.11. The van der Waals surface area contributed by atoms with Crippen LogP contribution in [0.3, 0.4) is 0 Å². The van der Waals surface area contributed by atoms with Crippen molar-refractivity contribution in [1.82, 2.24) is 0 Å². The molecule has 0 saturated carbocycles. The molecule has 0 aromatic heterocycles. The fourth-order valence-corrected chi connectivity index (χ4v) is 3.02. The van der Waals surface area contributed by atoms with E-state index >= 15 is 0 Å². The first-order valence-electron chi connectivity index (χ1n) is 7.26. The summed E-state index contributed by atoms with van der Waals surface area (Å²) in [4.78, 5) is 4.69. The van der Waals surface area contributed by atoms with Crippen LogP contribution in [0.5, 0.6) is 0 Å². The molecule has 3 aromatic rings. The Balaban J connectivity index is 1.93. The maximum atomic E-state index is 4.69. The molecule has 0 unspecified atom stereocenters. The van der Waals surface area contributed by atoms with Crippen molar-refractivity contribution in [2.45, 2.75) is 6.42 Å². The molecule has 3 rings (SSSR count). The molecule has 0 aliphatic rings. The van der Waals surface area contributed by atoms with Crippen LogP contribution in [0.25, 0.3) is 0 Å². The van der Waals surface area contributed by atoms with Gasteiger partial charge in [-0.1, -0.05) is 0 Å². The Morgan fingerprint density at radius 2 is 1.32 bits per heavy atom. The summed E-state index contributed by atoms with van der Waals surface area (Å²) in [5.41, 5.74) is 4.71. The van der Waals surface area contributed by atoms with Gasteiger partial charge in [0, 0.05) is 0 Å². The number of para-hydroxylation sites is 1. The Bertz CT molecular complexity index is 764. The Labute approximate surface area is 139 Å². The van der Waals surface area contributed by atoms with E-state index in [0.717, 1.165) is 22.3 Å². The minimum atomic E-state index is 0.909. The van der Waals surface area contributed by atoms with Gasteiger partial charge in [-0.3, -0.25) is 0 Å². The van der Waals surface area contributed by atoms with Gasteiger partial charge in [0.05, 0.1) is 0 Å². The average molecular weight is 349 g/mol. The van der Waals surface area contributed by atoms with Crippen LogP contribution in [0.15, 0.2) is 89.9 Å². The molecule has 0 bridgehead atoms. The molecule has 0 saturated heterocycles. The fourth-order valence-electron chi connectivity index (χ4n) is 2.38. The summed E-state index contributed by atoms with van der Waals surface area (Å²) in [5, 5.41) is 0. The number of nitrogens with zero attached hydrogens (tertiary/aromatic N) is 1. The molecule has 2 heteroatoms. The number of hydrogen-bond acceptors (Lipinski definition) is 1. The molecule has 1 nitrogen and oxygen atoms in total. The summed E-state index contributed by atoms with van der Waals surface area (Å²) in [7, 11) is 0. The van der Waals surface area contributed by atoms with Crippen molar-refractivity contribution in [2.24, 2.45) is 4.99 Å². The van der Waals surface area contributed by atoms with Gasteiger partial charge in [0.1, 0.15) is 0 Å². The third kappa shape index (κ3) is 3.73. The third-order valence-corrected chi connectivity index (χ3v) is 4.12. The second-order valence-electron chi connectivity index (χ2n) is 5.07. The van der Waals surface area contributed by atoms with E-state index in [1.165, 1.54) is 11.1 Å². The van der Waals surface area contributed by atoms with Crippen molar-refractivity contribution in [1.29, 1.82) is 0 Å². The van der Waals surface area contributed by atoms with Crippen molar-refractivity contribution < 1.29 is 0 Å². The molecule has 0 N–H and O–H groups in total. The van der Waals surface area contributed by atoms with Crippen LogP contribution in [0.4, 0.5) is 5.69 Å². The molecule has 0 fully saturated rings. The number of aliphatic imine (C=N–C) groups is 1. The molecule has 0 aliphatic heterocycles. The summed E-state index contributed by atoms with van der Waals surface area (Å²) in [6.45, 7) is 0. The van der Waals surface area contributed by atoms with Gasteiger partial charge in [0.2, 0.25) is 0 Å². The van der Waals surface area contributed by atoms with Crippen LogP contribution >= 0.6 is 0 Å². The van der Waals surface area contributed by atoms with E-state index in [9.17, 15) is 0 Å². The van der Waals surface area contributed by atoms with Crippen LogP contribution in [0, 0.1) is 0 Å². The number of benzene rings is 3. The van der Waals surface area contributed by atoms with E-state index in [2.05, 4.69) is 64.5 Å². The standard InChI is InChI=1S/C20H16NSe/c22-20(21-18-12-5-2-6-13-18)19-14-8-7-11-17(19)15-16-9-3-1-4-10-16/h1-14H,15H2. The zero-order valence-corrected chi connectivity index (χ0v) is 13.9. The van der Waals surface area contributed by atoms with Gasteiger partial charge in [-0.25, -0.2) is 0 Å². The first-order chi connectivity index (χ1) is 10.8. The maximum absolute atomic E-state index is 4.69. The quantitative estimate of drug-likeness (QED) is 0.485. The molecule has 0 spiro atoms. The summed E-state index contributed by atoms with van der Waals surface area (Å²) in [5.74, 6) is 0. The van der Waals surface area contributed by atoms with Crippen LogP contribution in [-0.4, -0.2) is 20.6 Å². The summed E-state index contributed by atoms with van der Waals surface area (Å²) in [6.07, 6.45) is 0.909. The van der Waals surface area contributed by atoms with E-state index in [-0.39, 0.29) is 0 Å². The number of hydrogen-bond donors (Lipinski definition) is 0. The van der Waals surface area contributed by atoms with Crippen molar-refractivity contribution in [3.05, 3.63) is 102 Å². The Morgan fingerprint density at radius 3 is 2.05 bits per heavy atom. The Hall–Kier alpha value is -2.15. The predicted octanol–water partition coefficient (Wildman–Crippen LogP) is 4.52. The molecule has 0 aliphatic carbocycles. The monoisotopic (exact) mass is 350 g/mol. The molecular weight excluding hydrogens is 333 g/mol. The van der Waals surface area contributed by atoms with Crippen LogP contribution in [-0.2, 0) is 6.42 Å². The van der Waals surface area contributed by atoms with Crippen molar-refractivity contribution >= 4 is 26.3 Å². The summed E-state index contributed by atoms with van der Waals surface area (Å²) < 4.78 is 0.928. The first kappa shape index (κ1) is 14.8. The van der Waals surface area contributed by atoms with Gasteiger partial charge < -0.3 is 0 Å². The zero-order valence-electron chi connectivity index (χ0n) is 12.1. The Morgan fingerprint density at radius 1 is 0.727 bits per heavy atom. The summed E-state index contributed by atoms with van der Waals surface area (Å²) in [6, 6.07) is 29.0. The summed E-state index contributed by atoms with van der Waals surface area (Å²) >= 11 is 3.12. The van der Waals surface area contributed by atoms with Gasteiger partial charge in [0.15, 0.2) is 0 Å². The molecular formula is C20H16NSe. The van der Waals surface area contributed by atoms with E-state index in [4.69, 9.17) is 4.99 Å². The molecule has 0 atom stereocenters. The Kier molecular flexibility index (Phi) is 4.85. The zero-order chi connectivity index (χ0) is 15.2. The molecule has 107 valence electrons. The van der Waals surface area contributed by atoms with E-state index in [0.29, 0.717) is 0 Å². The van der Waals surface area contributed by atoms with Gasteiger partial charge >= 0.3 is 139 Å². The normalized spacial score (nSPS) is 11.4. The molecule has 3 aromatic carbocycles. The molecule has 0 heterocycles. The topological polar surface area (TPSA) is 12.4 Å². The number of rotatable bonds is 4. The van der Waals surface area contributed by atoms with Gasteiger partial charge in [-0.05, 0) is 0 Å². The van der Waals surface area contributed by atoms with Gasteiger partial charge in [-0.15, -0.1) is 0 Å². The van der Waals surface area contributed by atoms with E-state index in [1.807, 2.05) is 36.4 Å². The molecule has 1 radical (unpaired) electrons. The van der Waals surface area contributed by atoms with Crippen molar-refractivity contribution in [3.8, 4) is 0 Å². The SMILES string of the molecule is [Se]C(=Nc1ccccc1)c1ccccc1Cc1ccccc1. The average Bonchev–Trinajstić information content (AvgIpc) is 2.57. The van der Waals surface area contributed by atoms with Crippen molar-refractivity contribution in [2.75, 3.05) is 0 Å². The molecule has 0 amide bonds. The van der Waals surface area contributed by atoms with E-state index in [1.54, 1.807) is 0 Å². The fraction of sp³-hybridized carbons (Fsp3) is 0.0500. The minimum absolute atomic E-state index is 0.909. The van der Waals surface area contributed by atoms with Crippen molar-refractivity contribution in [3.63, 3.8) is 0 Å². The van der Waals surface area contributed by atoms with Gasteiger partial charge in [-0.2, -0.15) is 0 Å². The second kappa shape index (κ2) is 7.22.